The van der Waals surface area contributed by atoms with Crippen molar-refractivity contribution in [3.63, 3.8) is 0 Å². The number of rotatable bonds is 4. The van der Waals surface area contributed by atoms with E-state index in [1.165, 1.54) is 0 Å². The Balaban J connectivity index is 2.13. The molecule has 0 aliphatic carbocycles. The minimum atomic E-state index is 0.0321. The summed E-state index contributed by atoms with van der Waals surface area (Å²) in [4.78, 5) is 14.7. The van der Waals surface area contributed by atoms with Crippen molar-refractivity contribution in [2.45, 2.75) is 45.8 Å². The fourth-order valence-electron chi connectivity index (χ4n) is 2.82. The van der Waals surface area contributed by atoms with E-state index in [1.54, 1.807) is 0 Å². The maximum atomic E-state index is 12.8. The molecule has 1 aliphatic rings. The predicted octanol–water partition coefficient (Wildman–Crippen LogP) is 3.44. The maximum absolute atomic E-state index is 12.8. The fraction of sp³-hybridized carbons (Fsp3) is 0.588. The monoisotopic (exact) mass is 368 g/mol. The summed E-state index contributed by atoms with van der Waals surface area (Å²) >= 11 is 3.44. The third-order valence-corrected chi connectivity index (χ3v) is 4.60. The molecule has 1 aromatic carbocycles. The molecule has 22 heavy (non-hydrogen) atoms. The average molecular weight is 369 g/mol. The zero-order chi connectivity index (χ0) is 16.3. The number of carbonyl (C=O) groups excluding carboxylic acids is 1. The van der Waals surface area contributed by atoms with Crippen LogP contribution in [0.1, 0.15) is 44.0 Å². The first-order valence-electron chi connectivity index (χ1n) is 7.89. The number of nitrogens with two attached hydrogens (primary N) is 1. The third kappa shape index (κ3) is 4.23. The van der Waals surface area contributed by atoms with E-state index in [1.807, 2.05) is 43.9 Å². The fourth-order valence-corrected chi connectivity index (χ4v) is 3.16. The van der Waals surface area contributed by atoms with Gasteiger partial charge in [0.1, 0.15) is 5.75 Å². The molecule has 0 bridgehead atoms. The van der Waals surface area contributed by atoms with Crippen molar-refractivity contribution in [1.82, 2.24) is 4.90 Å². The number of hydrogen-bond acceptors (Lipinski definition) is 3. The van der Waals surface area contributed by atoms with Crippen molar-refractivity contribution in [2.24, 2.45) is 11.7 Å². The summed E-state index contributed by atoms with van der Waals surface area (Å²) in [5, 5.41) is 0. The number of nitrogens with zero attached hydrogens (tertiary/aromatic N) is 1. The highest BCUT2D eigenvalue weighted by Gasteiger charge is 2.27. The zero-order valence-corrected chi connectivity index (χ0v) is 15.1. The highest BCUT2D eigenvalue weighted by Crippen LogP contribution is 2.28. The molecule has 0 saturated carbocycles. The van der Waals surface area contributed by atoms with E-state index in [0.717, 1.165) is 30.4 Å². The SMILES string of the molecule is CC(C)Oc1cc(Br)ccc1C(=O)N1CCC(C(C)N)CC1. The van der Waals surface area contributed by atoms with Gasteiger partial charge in [-0.3, -0.25) is 4.79 Å². The number of piperidine rings is 1. The van der Waals surface area contributed by atoms with Gasteiger partial charge in [0.05, 0.1) is 11.7 Å². The van der Waals surface area contributed by atoms with Gasteiger partial charge < -0.3 is 15.4 Å². The summed E-state index contributed by atoms with van der Waals surface area (Å²) < 4.78 is 6.71. The Labute approximate surface area is 141 Å². The minimum absolute atomic E-state index is 0.0321. The zero-order valence-electron chi connectivity index (χ0n) is 13.5. The molecule has 1 aliphatic heterocycles. The first kappa shape index (κ1) is 17.3. The maximum Gasteiger partial charge on any atom is 0.257 e. The van der Waals surface area contributed by atoms with Gasteiger partial charge in [0.15, 0.2) is 0 Å². The van der Waals surface area contributed by atoms with Crippen LogP contribution in [0.25, 0.3) is 0 Å². The van der Waals surface area contributed by atoms with Crippen molar-refractivity contribution in [1.29, 1.82) is 0 Å². The standard InChI is InChI=1S/C17H25BrN2O2/c1-11(2)22-16-10-14(18)4-5-15(16)17(21)20-8-6-13(7-9-20)12(3)19/h4-5,10-13H,6-9,19H2,1-3H3. The Morgan fingerprint density at radius 3 is 2.50 bits per heavy atom. The van der Waals surface area contributed by atoms with Crippen LogP contribution in [0.5, 0.6) is 5.75 Å². The van der Waals surface area contributed by atoms with Crippen LogP contribution in [0.15, 0.2) is 22.7 Å². The molecule has 4 nitrogen and oxygen atoms in total. The highest BCUT2D eigenvalue weighted by atomic mass is 79.9. The number of halogens is 1. The van der Waals surface area contributed by atoms with E-state index < -0.39 is 0 Å². The lowest BCUT2D eigenvalue weighted by molar-refractivity contribution is 0.0675. The Kier molecular flexibility index (Phi) is 5.87. The molecule has 1 unspecified atom stereocenters. The van der Waals surface area contributed by atoms with Gasteiger partial charge in [-0.25, -0.2) is 0 Å². The summed E-state index contributed by atoms with van der Waals surface area (Å²) in [6.07, 6.45) is 1.98. The molecule has 0 aromatic heterocycles. The smallest absolute Gasteiger partial charge is 0.257 e. The normalized spacial score (nSPS) is 17.6. The number of likely N-dealkylation sites (tertiary alicyclic amines) is 1. The molecule has 1 atom stereocenters. The molecule has 1 heterocycles. The van der Waals surface area contributed by atoms with E-state index in [0.29, 0.717) is 17.2 Å². The molecule has 1 aromatic rings. The summed E-state index contributed by atoms with van der Waals surface area (Å²) in [6.45, 7) is 7.50. The van der Waals surface area contributed by atoms with E-state index in [9.17, 15) is 4.79 Å². The molecule has 0 radical (unpaired) electrons. The van der Waals surface area contributed by atoms with Crippen molar-refractivity contribution < 1.29 is 9.53 Å². The van der Waals surface area contributed by atoms with Crippen LogP contribution < -0.4 is 10.5 Å². The minimum Gasteiger partial charge on any atom is -0.490 e. The van der Waals surface area contributed by atoms with Gasteiger partial charge in [0.25, 0.3) is 5.91 Å². The Bertz CT molecular complexity index is 523. The number of hydrogen-bond donors (Lipinski definition) is 1. The average Bonchev–Trinajstić information content (AvgIpc) is 2.46. The van der Waals surface area contributed by atoms with E-state index >= 15 is 0 Å². The third-order valence-electron chi connectivity index (χ3n) is 4.11. The van der Waals surface area contributed by atoms with E-state index in [2.05, 4.69) is 15.9 Å². The lowest BCUT2D eigenvalue weighted by atomic mass is 9.90. The van der Waals surface area contributed by atoms with E-state index in [4.69, 9.17) is 10.5 Å². The number of ether oxygens (including phenoxy) is 1. The lowest BCUT2D eigenvalue weighted by Crippen LogP contribution is -2.42. The molecule has 1 fully saturated rings. The number of amides is 1. The Hall–Kier alpha value is -1.07. The van der Waals surface area contributed by atoms with Crippen LogP contribution in [0.4, 0.5) is 0 Å². The second-order valence-corrected chi connectivity index (χ2v) is 7.21. The largest absolute Gasteiger partial charge is 0.490 e. The molecule has 2 rings (SSSR count). The molecule has 2 N–H and O–H groups in total. The second kappa shape index (κ2) is 7.47. The second-order valence-electron chi connectivity index (χ2n) is 6.30. The predicted molar refractivity (Wildman–Crippen MR) is 92.2 cm³/mol. The summed E-state index contributed by atoms with van der Waals surface area (Å²) in [6, 6.07) is 5.78. The van der Waals surface area contributed by atoms with Gasteiger partial charge in [-0.1, -0.05) is 15.9 Å². The van der Waals surface area contributed by atoms with Gasteiger partial charge in [-0.2, -0.15) is 0 Å². The van der Waals surface area contributed by atoms with Gasteiger partial charge >= 0.3 is 0 Å². The first-order valence-corrected chi connectivity index (χ1v) is 8.69. The van der Waals surface area contributed by atoms with Crippen LogP contribution in [0.2, 0.25) is 0 Å². The molecular formula is C17H25BrN2O2. The molecule has 1 saturated heterocycles. The van der Waals surface area contributed by atoms with Crippen LogP contribution in [0.3, 0.4) is 0 Å². The van der Waals surface area contributed by atoms with Gasteiger partial charge in [0.2, 0.25) is 0 Å². The molecule has 122 valence electrons. The van der Waals surface area contributed by atoms with Crippen LogP contribution in [-0.2, 0) is 0 Å². The Morgan fingerprint density at radius 1 is 1.32 bits per heavy atom. The number of benzene rings is 1. The van der Waals surface area contributed by atoms with Gasteiger partial charge in [-0.05, 0) is 57.7 Å². The Morgan fingerprint density at radius 2 is 1.95 bits per heavy atom. The van der Waals surface area contributed by atoms with Crippen LogP contribution >= 0.6 is 15.9 Å². The van der Waals surface area contributed by atoms with Gasteiger partial charge in [0, 0.05) is 23.6 Å². The summed E-state index contributed by atoms with van der Waals surface area (Å²) in [5.41, 5.74) is 6.60. The molecule has 1 amide bonds. The first-order chi connectivity index (χ1) is 10.4. The van der Waals surface area contributed by atoms with Gasteiger partial charge in [-0.15, -0.1) is 0 Å². The molecule has 0 spiro atoms. The quantitative estimate of drug-likeness (QED) is 0.885. The topological polar surface area (TPSA) is 55.6 Å². The number of carbonyl (C=O) groups is 1. The molecular weight excluding hydrogens is 344 g/mol. The van der Waals surface area contributed by atoms with Crippen molar-refractivity contribution in [2.75, 3.05) is 13.1 Å². The highest BCUT2D eigenvalue weighted by molar-refractivity contribution is 9.10. The van der Waals surface area contributed by atoms with Crippen LogP contribution in [-0.4, -0.2) is 36.0 Å². The molecule has 5 heteroatoms. The van der Waals surface area contributed by atoms with Crippen molar-refractivity contribution in [3.05, 3.63) is 28.2 Å². The summed E-state index contributed by atoms with van der Waals surface area (Å²) in [5.74, 6) is 1.20. The lowest BCUT2D eigenvalue weighted by Gasteiger charge is -2.34. The summed E-state index contributed by atoms with van der Waals surface area (Å²) in [7, 11) is 0. The van der Waals surface area contributed by atoms with Crippen LogP contribution in [0, 0.1) is 5.92 Å². The van der Waals surface area contributed by atoms with Crippen molar-refractivity contribution >= 4 is 21.8 Å². The van der Waals surface area contributed by atoms with E-state index in [-0.39, 0.29) is 18.1 Å². The van der Waals surface area contributed by atoms with Crippen molar-refractivity contribution in [3.8, 4) is 5.75 Å².